The summed E-state index contributed by atoms with van der Waals surface area (Å²) >= 11 is 0. The summed E-state index contributed by atoms with van der Waals surface area (Å²) in [6, 6.07) is 0. The van der Waals surface area contributed by atoms with Crippen LogP contribution in [0.25, 0.3) is 0 Å². The minimum Gasteiger partial charge on any atom is -0.444 e. The van der Waals surface area contributed by atoms with Gasteiger partial charge in [-0.2, -0.15) is 0 Å². The van der Waals surface area contributed by atoms with Crippen molar-refractivity contribution in [3.8, 4) is 0 Å². The molecule has 0 radical (unpaired) electrons. The highest BCUT2D eigenvalue weighted by molar-refractivity contribution is 5.67. The predicted octanol–water partition coefficient (Wildman–Crippen LogP) is 0.392. The average molecular weight is 255 g/mol. The van der Waals surface area contributed by atoms with Crippen molar-refractivity contribution >= 4 is 6.09 Å². The molecule has 0 aromatic carbocycles. The van der Waals surface area contributed by atoms with Gasteiger partial charge in [-0.3, -0.25) is 4.68 Å². The summed E-state index contributed by atoms with van der Waals surface area (Å²) in [6.45, 7) is 8.26. The summed E-state index contributed by atoms with van der Waals surface area (Å²) in [5.74, 6) is 0. The van der Waals surface area contributed by atoms with Gasteiger partial charge in [0, 0.05) is 25.8 Å². The van der Waals surface area contributed by atoms with Crippen LogP contribution in [0, 0.1) is 0 Å². The Labute approximate surface area is 107 Å². The Morgan fingerprint density at radius 2 is 2.11 bits per heavy atom. The molecule has 1 aromatic heterocycles. The van der Waals surface area contributed by atoms with Gasteiger partial charge in [0.05, 0.1) is 12.7 Å². The zero-order chi connectivity index (χ0) is 13.4. The summed E-state index contributed by atoms with van der Waals surface area (Å²) in [7, 11) is 0. The van der Waals surface area contributed by atoms with Gasteiger partial charge < -0.3 is 15.4 Å². The van der Waals surface area contributed by atoms with Crippen LogP contribution in [0.15, 0.2) is 12.4 Å². The summed E-state index contributed by atoms with van der Waals surface area (Å²) in [5.41, 5.74) is -0.454. The Morgan fingerprint density at radius 1 is 1.33 bits per heavy atom. The molecule has 1 heterocycles. The molecule has 0 spiro atoms. The first kappa shape index (κ1) is 14.4. The Hall–Kier alpha value is -1.63. The normalized spacial score (nSPS) is 11.3. The molecule has 18 heavy (non-hydrogen) atoms. The third kappa shape index (κ3) is 6.85. The number of nitrogens with one attached hydrogen (secondary N) is 2. The Kier molecular flexibility index (Phi) is 5.57. The summed E-state index contributed by atoms with van der Waals surface area (Å²) in [5, 5.41) is 13.4. The van der Waals surface area contributed by atoms with E-state index in [2.05, 4.69) is 20.9 Å². The van der Waals surface area contributed by atoms with E-state index in [9.17, 15) is 4.79 Å². The molecule has 0 fully saturated rings. The van der Waals surface area contributed by atoms with Gasteiger partial charge in [0.25, 0.3) is 0 Å². The maximum atomic E-state index is 11.3. The quantitative estimate of drug-likeness (QED) is 0.719. The van der Waals surface area contributed by atoms with Crippen LogP contribution in [0.2, 0.25) is 0 Å². The van der Waals surface area contributed by atoms with Crippen LogP contribution >= 0.6 is 0 Å². The van der Waals surface area contributed by atoms with Crippen LogP contribution in [0.5, 0.6) is 0 Å². The average Bonchev–Trinajstić information content (AvgIpc) is 2.73. The SMILES string of the molecule is CC(C)(C)OC(=O)NCCNCCn1ccnn1. The molecule has 2 N–H and O–H groups in total. The molecule has 0 unspecified atom stereocenters. The van der Waals surface area contributed by atoms with Crippen LogP contribution in [-0.4, -0.2) is 46.3 Å². The second kappa shape index (κ2) is 6.95. The largest absolute Gasteiger partial charge is 0.444 e. The van der Waals surface area contributed by atoms with Crippen molar-refractivity contribution in [2.45, 2.75) is 32.9 Å². The van der Waals surface area contributed by atoms with E-state index < -0.39 is 5.60 Å². The van der Waals surface area contributed by atoms with E-state index >= 15 is 0 Å². The zero-order valence-corrected chi connectivity index (χ0v) is 11.1. The van der Waals surface area contributed by atoms with Gasteiger partial charge in [0.2, 0.25) is 0 Å². The molecule has 7 heteroatoms. The van der Waals surface area contributed by atoms with Crippen molar-refractivity contribution < 1.29 is 9.53 Å². The minimum absolute atomic E-state index is 0.388. The molecule has 0 saturated heterocycles. The van der Waals surface area contributed by atoms with Gasteiger partial charge in [-0.15, -0.1) is 5.10 Å². The molecule has 1 amide bonds. The van der Waals surface area contributed by atoms with Gasteiger partial charge >= 0.3 is 6.09 Å². The molecule has 1 aromatic rings. The van der Waals surface area contributed by atoms with Crippen LogP contribution in [0.1, 0.15) is 20.8 Å². The van der Waals surface area contributed by atoms with E-state index in [1.807, 2.05) is 20.8 Å². The highest BCUT2D eigenvalue weighted by Gasteiger charge is 2.15. The third-order valence-electron chi connectivity index (χ3n) is 1.96. The van der Waals surface area contributed by atoms with Gasteiger partial charge in [0.1, 0.15) is 5.60 Å². The second-order valence-corrected chi connectivity index (χ2v) is 4.84. The number of aromatic nitrogens is 3. The number of carbonyl (C=O) groups excluding carboxylic acids is 1. The monoisotopic (exact) mass is 255 g/mol. The highest BCUT2D eigenvalue weighted by Crippen LogP contribution is 2.05. The van der Waals surface area contributed by atoms with Crippen molar-refractivity contribution in [1.29, 1.82) is 0 Å². The predicted molar refractivity (Wildman–Crippen MR) is 67.1 cm³/mol. The van der Waals surface area contributed by atoms with Crippen LogP contribution < -0.4 is 10.6 Å². The molecule has 7 nitrogen and oxygen atoms in total. The fourth-order valence-electron chi connectivity index (χ4n) is 1.24. The Bertz CT molecular complexity index is 345. The Morgan fingerprint density at radius 3 is 2.72 bits per heavy atom. The van der Waals surface area contributed by atoms with Gasteiger partial charge in [-0.1, -0.05) is 5.21 Å². The van der Waals surface area contributed by atoms with Crippen LogP contribution in [-0.2, 0) is 11.3 Å². The fourth-order valence-corrected chi connectivity index (χ4v) is 1.24. The first-order valence-electron chi connectivity index (χ1n) is 5.99. The lowest BCUT2D eigenvalue weighted by molar-refractivity contribution is 0.0528. The van der Waals surface area contributed by atoms with E-state index in [0.29, 0.717) is 13.1 Å². The minimum atomic E-state index is -0.454. The third-order valence-corrected chi connectivity index (χ3v) is 1.96. The van der Waals surface area contributed by atoms with E-state index in [1.165, 1.54) is 0 Å². The number of alkyl carbamates (subject to hydrolysis) is 1. The molecule has 1 rings (SSSR count). The van der Waals surface area contributed by atoms with Crippen LogP contribution in [0.3, 0.4) is 0 Å². The highest BCUT2D eigenvalue weighted by atomic mass is 16.6. The first-order chi connectivity index (χ1) is 8.47. The standard InChI is InChI=1S/C11H21N5O2/c1-11(2,3)18-10(17)13-5-4-12-6-8-16-9-7-14-15-16/h7,9,12H,4-6,8H2,1-3H3,(H,13,17). The molecule has 0 aliphatic carbocycles. The topological polar surface area (TPSA) is 81.1 Å². The number of amides is 1. The number of nitrogens with zero attached hydrogens (tertiary/aromatic N) is 3. The number of hydrogen-bond donors (Lipinski definition) is 2. The molecular weight excluding hydrogens is 234 g/mol. The summed E-state index contributed by atoms with van der Waals surface area (Å²) < 4.78 is 6.85. The van der Waals surface area contributed by atoms with Crippen molar-refractivity contribution in [1.82, 2.24) is 25.6 Å². The molecule has 0 saturated carbocycles. The molecule has 0 bridgehead atoms. The van der Waals surface area contributed by atoms with E-state index in [0.717, 1.165) is 13.1 Å². The molecule has 102 valence electrons. The number of carbonyl (C=O) groups is 1. The number of hydrogen-bond acceptors (Lipinski definition) is 5. The lowest BCUT2D eigenvalue weighted by atomic mass is 10.2. The molecule has 0 aliphatic rings. The Balaban J connectivity index is 1.97. The number of rotatable bonds is 6. The van der Waals surface area contributed by atoms with Gasteiger partial charge in [-0.25, -0.2) is 4.79 Å². The maximum Gasteiger partial charge on any atom is 0.407 e. The molecule has 0 atom stereocenters. The second-order valence-electron chi connectivity index (χ2n) is 4.84. The zero-order valence-electron chi connectivity index (χ0n) is 11.1. The van der Waals surface area contributed by atoms with Crippen LogP contribution in [0.4, 0.5) is 4.79 Å². The van der Waals surface area contributed by atoms with Gasteiger partial charge in [0.15, 0.2) is 0 Å². The lowest BCUT2D eigenvalue weighted by Crippen LogP contribution is -2.37. The van der Waals surface area contributed by atoms with E-state index in [-0.39, 0.29) is 6.09 Å². The molecular formula is C11H21N5O2. The first-order valence-corrected chi connectivity index (χ1v) is 5.99. The van der Waals surface area contributed by atoms with Crippen molar-refractivity contribution in [2.75, 3.05) is 19.6 Å². The summed E-state index contributed by atoms with van der Waals surface area (Å²) in [4.78, 5) is 11.3. The van der Waals surface area contributed by atoms with Crippen molar-refractivity contribution in [3.63, 3.8) is 0 Å². The lowest BCUT2D eigenvalue weighted by Gasteiger charge is -2.19. The summed E-state index contributed by atoms with van der Waals surface area (Å²) in [6.07, 6.45) is 3.06. The fraction of sp³-hybridized carbons (Fsp3) is 0.727. The van der Waals surface area contributed by atoms with Crippen molar-refractivity contribution in [2.24, 2.45) is 0 Å². The van der Waals surface area contributed by atoms with E-state index in [4.69, 9.17) is 4.74 Å². The smallest absolute Gasteiger partial charge is 0.407 e. The van der Waals surface area contributed by atoms with Crippen molar-refractivity contribution in [3.05, 3.63) is 12.4 Å². The number of ether oxygens (including phenoxy) is 1. The maximum absolute atomic E-state index is 11.3. The van der Waals surface area contributed by atoms with E-state index in [1.54, 1.807) is 17.1 Å². The van der Waals surface area contributed by atoms with Gasteiger partial charge in [-0.05, 0) is 20.8 Å². The molecule has 0 aliphatic heterocycles.